The van der Waals surface area contributed by atoms with Crippen molar-refractivity contribution in [2.45, 2.75) is 50.7 Å². The van der Waals surface area contributed by atoms with Crippen molar-refractivity contribution in [3.8, 4) is 0 Å². The smallest absolute Gasteiger partial charge is 0.693 e. The molecule has 0 aromatic rings. The zero-order valence-corrected chi connectivity index (χ0v) is 12.7. The van der Waals surface area contributed by atoms with Crippen LogP contribution in [0.3, 0.4) is 0 Å². The molecule has 19 heavy (non-hydrogen) atoms. The van der Waals surface area contributed by atoms with Crippen LogP contribution in [-0.4, -0.2) is 39.4 Å². The Hall–Kier alpha value is -0.492. The molecule has 114 valence electrons. The maximum absolute atomic E-state index is 10.4. The molecule has 0 aromatic heterocycles. The molecule has 2 saturated carbocycles. The van der Waals surface area contributed by atoms with Gasteiger partial charge in [0, 0.05) is 12.8 Å². The molecule has 0 atom stereocenters. The molecule has 0 amide bonds. The fourth-order valence-electron chi connectivity index (χ4n) is 2.11. The maximum atomic E-state index is 10.4. The Balaban J connectivity index is 0. The fraction of sp³-hybridized carbons (Fsp3) is 0.818. The van der Waals surface area contributed by atoms with E-state index in [0.29, 0.717) is 6.04 Å². The van der Waals surface area contributed by atoms with Gasteiger partial charge in [0.1, 0.15) is 0 Å². The molecule has 7 nitrogen and oxygen atoms in total. The van der Waals surface area contributed by atoms with Crippen LogP contribution in [0.2, 0.25) is 0 Å². The first-order chi connectivity index (χ1) is 7.88. The Labute approximate surface area is 126 Å². The van der Waals surface area contributed by atoms with E-state index in [0.717, 1.165) is 12.8 Å². The summed E-state index contributed by atoms with van der Waals surface area (Å²) >= 11 is 0. The second-order valence-corrected chi connectivity index (χ2v) is 4.74. The van der Waals surface area contributed by atoms with Gasteiger partial charge in [0.05, 0.1) is 6.10 Å². The van der Waals surface area contributed by atoms with Crippen LogP contribution >= 0.6 is 0 Å². The topological polar surface area (TPSA) is 152 Å². The van der Waals surface area contributed by atoms with E-state index in [-0.39, 0.29) is 40.1 Å². The van der Waals surface area contributed by atoms with Gasteiger partial charge in [0.15, 0.2) is 5.41 Å². The summed E-state index contributed by atoms with van der Waals surface area (Å²) in [6.45, 7) is 0. The van der Waals surface area contributed by atoms with Gasteiger partial charge in [0.2, 0.25) is 0 Å². The van der Waals surface area contributed by atoms with Crippen molar-refractivity contribution in [3.63, 3.8) is 0 Å². The number of aliphatic carboxylic acids is 2. The van der Waals surface area contributed by atoms with E-state index in [1.807, 2.05) is 0 Å². The molecule has 2 aliphatic rings. The molecule has 0 heterocycles. The normalized spacial score (nSPS) is 20.9. The van der Waals surface area contributed by atoms with Crippen LogP contribution in [0.1, 0.15) is 38.5 Å². The van der Waals surface area contributed by atoms with Crippen LogP contribution in [0, 0.1) is 5.41 Å². The standard InChI is InChI=1S/C6H8O5.C5H10N.H2N.Pt/c7-3-1-6(2-3,4(8)9)5(10)11;6-5-3-1-2-4-5;;/h3,7H,1-2H2,(H,8,9)(H,10,11);5-6H,1-4H2;1H2;/q;2*-1;+2. The molecular weight excluding hydrogens is 435 g/mol. The first kappa shape index (κ1) is 20.8. The van der Waals surface area contributed by atoms with E-state index in [1.165, 1.54) is 12.8 Å². The number of carboxylic acids is 2. The number of aliphatic hydroxyl groups is 1. The second-order valence-electron chi connectivity index (χ2n) is 4.74. The third-order valence-electron chi connectivity index (χ3n) is 3.34. The van der Waals surface area contributed by atoms with Gasteiger partial charge in [-0.2, -0.15) is 0 Å². The zero-order chi connectivity index (χ0) is 13.1. The minimum atomic E-state index is -1.72. The van der Waals surface area contributed by atoms with Crippen LogP contribution in [-0.2, 0) is 30.7 Å². The van der Waals surface area contributed by atoms with Crippen molar-refractivity contribution < 1.29 is 46.0 Å². The summed E-state index contributed by atoms with van der Waals surface area (Å²) < 4.78 is 0. The average Bonchev–Trinajstić information content (AvgIpc) is 2.63. The van der Waals surface area contributed by atoms with E-state index in [4.69, 9.17) is 21.1 Å². The second kappa shape index (κ2) is 8.63. The Kier molecular flexibility index (Phi) is 9.46. The van der Waals surface area contributed by atoms with Gasteiger partial charge in [0.25, 0.3) is 0 Å². The molecule has 2 fully saturated rings. The number of hydrogen-bond donors (Lipinski definition) is 3. The molecule has 0 unspecified atom stereocenters. The predicted molar refractivity (Wildman–Crippen MR) is 64.8 cm³/mol. The molecule has 0 radical (unpaired) electrons. The molecule has 8 heteroatoms. The zero-order valence-electron chi connectivity index (χ0n) is 10.4. The Morgan fingerprint density at radius 3 is 1.53 bits per heavy atom. The van der Waals surface area contributed by atoms with Crippen LogP contribution in [0.5, 0.6) is 0 Å². The largest absolute Gasteiger partial charge is 2.00 e. The molecule has 0 bridgehead atoms. The quantitative estimate of drug-likeness (QED) is 0.544. The number of rotatable bonds is 2. The predicted octanol–water partition coefficient (Wildman–Crippen LogP) is 1.99. The molecule has 0 aliphatic heterocycles. The van der Waals surface area contributed by atoms with E-state index in [1.54, 1.807) is 0 Å². The summed E-state index contributed by atoms with van der Waals surface area (Å²) in [4.78, 5) is 20.8. The van der Waals surface area contributed by atoms with E-state index in [2.05, 4.69) is 0 Å². The van der Waals surface area contributed by atoms with Gasteiger partial charge in [-0.1, -0.05) is 25.7 Å². The third-order valence-corrected chi connectivity index (χ3v) is 3.34. The number of nitrogens with one attached hydrogen (secondary N) is 1. The van der Waals surface area contributed by atoms with Crippen LogP contribution in [0.25, 0.3) is 11.9 Å². The number of nitrogens with two attached hydrogens (primary N) is 1. The van der Waals surface area contributed by atoms with Gasteiger partial charge < -0.3 is 27.2 Å². The minimum absolute atomic E-state index is 0. The fourth-order valence-corrected chi connectivity index (χ4v) is 2.11. The molecule has 2 aliphatic carbocycles. The Morgan fingerprint density at radius 2 is 1.42 bits per heavy atom. The van der Waals surface area contributed by atoms with Crippen molar-refractivity contribution in [1.29, 1.82) is 0 Å². The molecule has 2 rings (SSSR count). The van der Waals surface area contributed by atoms with Gasteiger partial charge in [-0.25, -0.2) is 0 Å². The number of aliphatic hydroxyl groups excluding tert-OH is 1. The number of hydrogen-bond acceptors (Lipinski definition) is 3. The van der Waals surface area contributed by atoms with Gasteiger partial charge in [-0.3, -0.25) is 9.59 Å². The number of carbonyl (C=O) groups is 2. The van der Waals surface area contributed by atoms with Gasteiger partial charge >= 0.3 is 33.0 Å². The Morgan fingerprint density at radius 1 is 1.05 bits per heavy atom. The van der Waals surface area contributed by atoms with E-state index < -0.39 is 23.5 Å². The first-order valence-corrected chi connectivity index (χ1v) is 5.74. The van der Waals surface area contributed by atoms with Crippen LogP contribution < -0.4 is 0 Å². The van der Waals surface area contributed by atoms with E-state index >= 15 is 0 Å². The summed E-state index contributed by atoms with van der Waals surface area (Å²) in [5.74, 6) is -2.73. The maximum Gasteiger partial charge on any atom is 2.00 e. The molecule has 0 spiro atoms. The summed E-state index contributed by atoms with van der Waals surface area (Å²) in [5.41, 5.74) is 5.41. The molecular formula is C11H20N2O5Pt. The van der Waals surface area contributed by atoms with Crippen LogP contribution in [0.4, 0.5) is 0 Å². The summed E-state index contributed by atoms with van der Waals surface area (Å²) in [5, 5.41) is 25.7. The van der Waals surface area contributed by atoms with Crippen molar-refractivity contribution >= 4 is 11.9 Å². The summed E-state index contributed by atoms with van der Waals surface area (Å²) in [6, 6.07) is 0.296. The van der Waals surface area contributed by atoms with Crippen molar-refractivity contribution in [2.75, 3.05) is 0 Å². The SMILES string of the molecule is O=C(O)C1(C(=O)O)CC(O)C1.[NH-]C1CCCC1.[NH2-].[Pt+2]. The van der Waals surface area contributed by atoms with E-state index in [9.17, 15) is 9.59 Å². The summed E-state index contributed by atoms with van der Waals surface area (Å²) in [6.07, 6.45) is 3.76. The van der Waals surface area contributed by atoms with Crippen molar-refractivity contribution in [1.82, 2.24) is 0 Å². The average molecular weight is 455 g/mol. The van der Waals surface area contributed by atoms with Gasteiger partial charge in [-0.05, 0) is 0 Å². The van der Waals surface area contributed by atoms with Crippen molar-refractivity contribution in [2.24, 2.45) is 5.41 Å². The van der Waals surface area contributed by atoms with Crippen LogP contribution in [0.15, 0.2) is 0 Å². The van der Waals surface area contributed by atoms with Crippen molar-refractivity contribution in [3.05, 3.63) is 11.9 Å². The first-order valence-electron chi connectivity index (χ1n) is 5.74. The molecule has 0 saturated heterocycles. The monoisotopic (exact) mass is 455 g/mol. The third kappa shape index (κ3) is 5.18. The van der Waals surface area contributed by atoms with Gasteiger partial charge in [-0.15, -0.1) is 6.04 Å². The minimum Gasteiger partial charge on any atom is -0.693 e. The Bertz CT molecular complexity index is 285. The number of carboxylic acid groups (broad SMARTS) is 2. The summed E-state index contributed by atoms with van der Waals surface area (Å²) in [7, 11) is 0. The molecule has 6 N–H and O–H groups in total. The molecule has 0 aromatic carbocycles.